The van der Waals surface area contributed by atoms with Gasteiger partial charge in [-0.25, -0.2) is 0 Å². The number of carbonyl (C=O) groups excluding carboxylic acids is 10. The molecule has 0 amide bonds. The molecular weight excluding hydrogens is 914 g/mol. The molecule has 0 aliphatic carbocycles. The Hall–Kier alpha value is -3.27. The summed E-state index contributed by atoms with van der Waals surface area (Å²) in [6, 6.07) is 0. The van der Waals surface area contributed by atoms with Crippen molar-refractivity contribution in [1.29, 1.82) is 0 Å². The van der Waals surface area contributed by atoms with Crippen LogP contribution in [0.1, 0.15) is 0 Å². The minimum Gasteiger partial charge on any atom is -0.543 e. The maximum absolute atomic E-state index is 8.93. The van der Waals surface area contributed by atoms with Gasteiger partial charge in [0.15, 0.2) is 0 Å². The van der Waals surface area contributed by atoms with Crippen LogP contribution in [0.2, 0.25) is 0 Å². The summed E-state index contributed by atoms with van der Waals surface area (Å²) in [4.78, 5) is 89.3. The fourth-order valence-corrected chi connectivity index (χ4v) is 0. The molecule has 22 heteroatoms. The fourth-order valence-electron chi connectivity index (χ4n) is 0. The number of hydrogen-bond acceptors (Lipinski definition) is 20. The Labute approximate surface area is 217 Å². The van der Waals surface area contributed by atoms with Crippen molar-refractivity contribution in [2.24, 2.45) is 0 Å². The maximum Gasteiger partial charge on any atom is 5.00 e. The molecule has 0 saturated carbocycles. The van der Waals surface area contributed by atoms with E-state index in [-0.39, 0.29) is 59.9 Å². The smallest absolute Gasteiger partial charge is 0.543 e. The number of carboxylic acid groups (broad SMARTS) is 10. The summed E-state index contributed by atoms with van der Waals surface area (Å²) < 4.78 is 0. The molecule has 0 aromatic rings. The van der Waals surface area contributed by atoms with Gasteiger partial charge >= 0.3 is 59.9 Å². The summed E-state index contributed by atoms with van der Waals surface area (Å²) in [5, 5.41) is 89.3. The van der Waals surface area contributed by atoms with Crippen LogP contribution in [0.3, 0.4) is 0 Å². The van der Waals surface area contributed by atoms with Gasteiger partial charge in [-0.3, -0.25) is 0 Å². The second-order valence-corrected chi connectivity index (χ2v) is 2.87. The molecule has 0 heterocycles. The molecule has 0 aromatic carbocycles. The first-order valence-corrected chi connectivity index (χ1v) is 5.33. The molecule has 0 bridgehead atoms. The zero-order chi connectivity index (χ0) is 25.8. The van der Waals surface area contributed by atoms with Crippen LogP contribution in [-0.4, -0.2) is 59.7 Å². The Morgan fingerprint density at radius 3 is 0.250 bits per heavy atom. The largest absolute Gasteiger partial charge is 5.00 e. The number of rotatable bonds is 0. The Bertz CT molecular complexity index is 508. The molecule has 0 fully saturated rings. The molecule has 0 aliphatic rings. The molecular formula is C10Np2O20. The van der Waals surface area contributed by atoms with Gasteiger partial charge in [-0.2, -0.15) is 0 Å². The van der Waals surface area contributed by atoms with Crippen LogP contribution in [0.25, 0.3) is 0 Å². The van der Waals surface area contributed by atoms with Crippen molar-refractivity contribution in [3.63, 3.8) is 0 Å². The van der Waals surface area contributed by atoms with Gasteiger partial charge in [0.05, 0.1) is 59.7 Å². The second-order valence-electron chi connectivity index (χ2n) is 2.87. The average molecular weight is 914 g/mol. The normalized spacial score (nSPS) is 6.88. The minimum atomic E-state index is -2.19. The Morgan fingerprint density at radius 2 is 0.250 bits per heavy atom. The molecule has 0 radical (unpaired) electrons. The van der Waals surface area contributed by atoms with E-state index in [1.807, 2.05) is 0 Å². The van der Waals surface area contributed by atoms with Crippen LogP contribution in [0, 0.1) is 59.9 Å². The topological polar surface area (TPSA) is 401 Å². The van der Waals surface area contributed by atoms with Crippen LogP contribution >= 0.6 is 0 Å². The zero-order valence-corrected chi connectivity index (χ0v) is 21.5. The van der Waals surface area contributed by atoms with Crippen LogP contribution in [0.4, 0.5) is 0 Å². The van der Waals surface area contributed by atoms with Crippen LogP contribution in [-0.2, 0) is 47.9 Å². The summed E-state index contributed by atoms with van der Waals surface area (Å²) in [5.41, 5.74) is 0. The molecule has 0 N–H and O–H groups in total. The number of aliphatic carboxylic acids is 10. The summed E-state index contributed by atoms with van der Waals surface area (Å²) in [5.74, 6) is -21.9. The van der Waals surface area contributed by atoms with E-state index >= 15 is 0 Å². The van der Waals surface area contributed by atoms with E-state index < -0.39 is 59.7 Å². The third-order valence-electron chi connectivity index (χ3n) is 0.833. The molecule has 0 aliphatic heterocycles. The molecule has 0 unspecified atom stereocenters. The molecule has 0 spiro atoms. The van der Waals surface area contributed by atoms with Crippen molar-refractivity contribution in [1.82, 2.24) is 0 Å². The number of carbonyl (C=O) groups is 10. The van der Waals surface area contributed by atoms with Gasteiger partial charge in [0.2, 0.25) is 0 Å². The maximum atomic E-state index is 8.93. The molecule has 0 saturated heterocycles. The second kappa shape index (κ2) is 27.7. The minimum absolute atomic E-state index is 0. The third kappa shape index (κ3) is 63.2. The number of hydrogen-bond donors (Lipinski definition) is 0. The van der Waals surface area contributed by atoms with Gasteiger partial charge in [0.25, 0.3) is 0 Å². The van der Waals surface area contributed by atoms with Gasteiger partial charge < -0.3 is 99.0 Å². The van der Waals surface area contributed by atoms with Crippen molar-refractivity contribution >= 4 is 59.7 Å². The molecule has 0 aromatic heterocycles. The predicted octanol–water partition coefficient (Wildman–Crippen LogP) is -17.6. The van der Waals surface area contributed by atoms with E-state index in [2.05, 4.69) is 0 Å². The van der Waals surface area contributed by atoms with Crippen molar-refractivity contribution in [3.05, 3.63) is 0 Å². The van der Waals surface area contributed by atoms with Crippen molar-refractivity contribution in [3.8, 4) is 0 Å². The first-order chi connectivity index (χ1) is 13.2. The van der Waals surface area contributed by atoms with E-state index in [0.29, 0.717) is 0 Å². The van der Waals surface area contributed by atoms with Crippen LogP contribution in [0.5, 0.6) is 0 Å². The van der Waals surface area contributed by atoms with Crippen LogP contribution < -0.4 is 51.1 Å². The molecule has 170 valence electrons. The van der Waals surface area contributed by atoms with Gasteiger partial charge in [0, 0.05) is 0 Å². The van der Waals surface area contributed by atoms with Gasteiger partial charge in [-0.05, 0) is 0 Å². The van der Waals surface area contributed by atoms with E-state index in [0.717, 1.165) is 0 Å². The van der Waals surface area contributed by atoms with Gasteiger partial charge in [-0.15, -0.1) is 0 Å². The van der Waals surface area contributed by atoms with Crippen molar-refractivity contribution in [2.75, 3.05) is 0 Å². The average Bonchev–Trinajstić information content (AvgIpc) is 2.56. The summed E-state index contributed by atoms with van der Waals surface area (Å²) >= 11 is 0. The fraction of sp³-hybridized carbons (Fsp3) is 0. The van der Waals surface area contributed by atoms with E-state index in [9.17, 15) is 0 Å². The SMILES string of the molecule is O=C([O-])C(=O)[O-].O=C([O-])C(=O)[O-].O=C([O-])C(=O)[O-].O=C([O-])C(=O)[O-].O=C([O-])C(=O)[O-].[Np+5].[Np+5]. The quantitative estimate of drug-likeness (QED) is 0.204. The standard InChI is InChI=1S/5C2H2O4.2Np/c5*3-1(4)2(5)6;;/h5*(H,3,4)(H,5,6);;/q;;;;;2*+5/p-10. The van der Waals surface area contributed by atoms with Gasteiger partial charge in [0.1, 0.15) is 0 Å². The molecule has 32 heavy (non-hydrogen) atoms. The molecule has 0 atom stereocenters. The summed E-state index contributed by atoms with van der Waals surface area (Å²) in [7, 11) is 0. The van der Waals surface area contributed by atoms with Crippen molar-refractivity contribution in [2.45, 2.75) is 0 Å². The van der Waals surface area contributed by atoms with E-state index in [4.69, 9.17) is 99.0 Å². The summed E-state index contributed by atoms with van der Waals surface area (Å²) in [6.45, 7) is 0. The zero-order valence-electron chi connectivity index (χ0n) is 14.1. The summed E-state index contributed by atoms with van der Waals surface area (Å²) in [6.07, 6.45) is 0. The Balaban J connectivity index is -0.0000000481. The number of carboxylic acids is 10. The van der Waals surface area contributed by atoms with Crippen molar-refractivity contribution < 1.29 is 159 Å². The Morgan fingerprint density at radius 1 is 0.219 bits per heavy atom. The molecule has 0 rings (SSSR count). The molecule has 20 nitrogen and oxygen atoms in total. The van der Waals surface area contributed by atoms with Gasteiger partial charge in [-0.1, -0.05) is 0 Å². The Kier molecular flexibility index (Phi) is 40.5. The van der Waals surface area contributed by atoms with E-state index in [1.165, 1.54) is 0 Å². The monoisotopic (exact) mass is 912 g/mol. The van der Waals surface area contributed by atoms with Crippen LogP contribution in [0.15, 0.2) is 0 Å². The first kappa shape index (κ1) is 46.8. The third-order valence-corrected chi connectivity index (χ3v) is 0.833. The van der Waals surface area contributed by atoms with E-state index in [1.54, 1.807) is 0 Å². The first-order valence-electron chi connectivity index (χ1n) is 5.33. The predicted molar refractivity (Wildman–Crippen MR) is 50.1 cm³/mol.